The van der Waals surface area contributed by atoms with Crippen molar-refractivity contribution in [3.63, 3.8) is 0 Å². The Morgan fingerprint density at radius 1 is 1.15 bits per heavy atom. The van der Waals surface area contributed by atoms with Gasteiger partial charge in [-0.1, -0.05) is 32.9 Å². The molecule has 3 rings (SSSR count). The minimum absolute atomic E-state index is 0.246. The van der Waals surface area contributed by atoms with Gasteiger partial charge in [0.15, 0.2) is 0 Å². The summed E-state index contributed by atoms with van der Waals surface area (Å²) in [5.74, 6) is 0. The molecule has 2 heterocycles. The molecule has 0 atom stereocenters. The van der Waals surface area contributed by atoms with Gasteiger partial charge in [0.1, 0.15) is 5.01 Å². The molecule has 0 aliphatic rings. The number of nitrogens with zero attached hydrogens (tertiary/aromatic N) is 1. The molecule has 0 saturated heterocycles. The SMILES string of the molecule is CCC(C)(C)c1cc(-c2nc3ccccc3s2)sc1C. The molecule has 0 aliphatic carbocycles. The molecule has 0 spiro atoms. The fraction of sp³-hybridized carbons (Fsp3) is 0.353. The monoisotopic (exact) mass is 301 g/mol. The highest BCUT2D eigenvalue weighted by atomic mass is 32.1. The molecule has 0 N–H and O–H groups in total. The van der Waals surface area contributed by atoms with Gasteiger partial charge in [0.05, 0.1) is 15.1 Å². The van der Waals surface area contributed by atoms with Gasteiger partial charge in [-0.3, -0.25) is 0 Å². The first-order chi connectivity index (χ1) is 9.51. The van der Waals surface area contributed by atoms with Crippen molar-refractivity contribution in [2.45, 2.75) is 39.5 Å². The molecule has 0 unspecified atom stereocenters. The van der Waals surface area contributed by atoms with Gasteiger partial charge in [-0.05, 0) is 42.5 Å². The lowest BCUT2D eigenvalue weighted by atomic mass is 9.82. The van der Waals surface area contributed by atoms with Gasteiger partial charge >= 0.3 is 0 Å². The van der Waals surface area contributed by atoms with Gasteiger partial charge in [-0.2, -0.15) is 0 Å². The van der Waals surface area contributed by atoms with Crippen LogP contribution in [0.25, 0.3) is 20.1 Å². The van der Waals surface area contributed by atoms with Crippen LogP contribution in [0.2, 0.25) is 0 Å². The number of rotatable bonds is 3. The maximum absolute atomic E-state index is 4.77. The van der Waals surface area contributed by atoms with Crippen LogP contribution in [0.1, 0.15) is 37.6 Å². The molecule has 20 heavy (non-hydrogen) atoms. The molecule has 104 valence electrons. The van der Waals surface area contributed by atoms with Gasteiger partial charge in [0.2, 0.25) is 0 Å². The average Bonchev–Trinajstić information content (AvgIpc) is 3.02. The lowest BCUT2D eigenvalue weighted by Crippen LogP contribution is -2.15. The summed E-state index contributed by atoms with van der Waals surface area (Å²) in [4.78, 5) is 7.50. The van der Waals surface area contributed by atoms with Crippen LogP contribution in [0.3, 0.4) is 0 Å². The normalized spacial score (nSPS) is 12.2. The third kappa shape index (κ3) is 2.29. The van der Waals surface area contributed by atoms with Crippen molar-refractivity contribution in [3.8, 4) is 9.88 Å². The summed E-state index contributed by atoms with van der Waals surface area (Å²) in [6.45, 7) is 9.14. The minimum atomic E-state index is 0.246. The molecule has 0 amide bonds. The van der Waals surface area contributed by atoms with E-state index in [0.29, 0.717) is 0 Å². The summed E-state index contributed by atoms with van der Waals surface area (Å²) < 4.78 is 1.27. The highest BCUT2D eigenvalue weighted by Crippen LogP contribution is 2.40. The number of hydrogen-bond donors (Lipinski definition) is 0. The van der Waals surface area contributed by atoms with E-state index in [1.165, 1.54) is 20.0 Å². The van der Waals surface area contributed by atoms with Crippen LogP contribution in [0, 0.1) is 6.92 Å². The highest BCUT2D eigenvalue weighted by molar-refractivity contribution is 7.25. The predicted molar refractivity (Wildman–Crippen MR) is 91.0 cm³/mol. The van der Waals surface area contributed by atoms with Crippen molar-refractivity contribution in [3.05, 3.63) is 40.8 Å². The Morgan fingerprint density at radius 3 is 2.60 bits per heavy atom. The van der Waals surface area contributed by atoms with Crippen LogP contribution >= 0.6 is 22.7 Å². The number of para-hydroxylation sites is 1. The van der Waals surface area contributed by atoms with Gasteiger partial charge in [-0.25, -0.2) is 4.98 Å². The van der Waals surface area contributed by atoms with Gasteiger partial charge in [0.25, 0.3) is 0 Å². The number of thiazole rings is 1. The Morgan fingerprint density at radius 2 is 1.90 bits per heavy atom. The zero-order chi connectivity index (χ0) is 14.3. The van der Waals surface area contributed by atoms with Crippen LogP contribution < -0.4 is 0 Å². The molecule has 0 radical (unpaired) electrons. The molecule has 3 heteroatoms. The second kappa shape index (κ2) is 4.97. The largest absolute Gasteiger partial charge is 0.235 e. The quantitative estimate of drug-likeness (QED) is 0.576. The van der Waals surface area contributed by atoms with Crippen LogP contribution in [0.15, 0.2) is 30.3 Å². The fourth-order valence-corrected chi connectivity index (χ4v) is 4.64. The first-order valence-corrected chi connectivity index (χ1v) is 8.61. The fourth-order valence-electron chi connectivity index (χ4n) is 2.43. The van der Waals surface area contributed by atoms with Gasteiger partial charge in [0, 0.05) is 4.88 Å². The number of hydrogen-bond acceptors (Lipinski definition) is 3. The zero-order valence-electron chi connectivity index (χ0n) is 12.4. The van der Waals surface area contributed by atoms with Crippen molar-refractivity contribution in [2.75, 3.05) is 0 Å². The molecule has 1 aromatic carbocycles. The first-order valence-electron chi connectivity index (χ1n) is 6.98. The highest BCUT2D eigenvalue weighted by Gasteiger charge is 2.23. The van der Waals surface area contributed by atoms with Crippen LogP contribution in [-0.4, -0.2) is 4.98 Å². The van der Waals surface area contributed by atoms with E-state index in [0.717, 1.165) is 16.9 Å². The molecule has 1 nitrogen and oxygen atoms in total. The van der Waals surface area contributed by atoms with E-state index in [-0.39, 0.29) is 5.41 Å². The molecule has 0 fully saturated rings. The Kier molecular flexibility index (Phi) is 3.43. The molecule has 0 aliphatic heterocycles. The molecular formula is C17H19NS2. The number of aromatic nitrogens is 1. The van der Waals surface area contributed by atoms with Crippen molar-refractivity contribution in [2.24, 2.45) is 0 Å². The van der Waals surface area contributed by atoms with Gasteiger partial charge in [-0.15, -0.1) is 22.7 Å². The number of fused-ring (bicyclic) bond motifs is 1. The van der Waals surface area contributed by atoms with E-state index in [9.17, 15) is 0 Å². The second-order valence-corrected chi connectivity index (χ2v) is 8.09. The molecule has 0 bridgehead atoms. The van der Waals surface area contributed by atoms with Crippen LogP contribution in [0.5, 0.6) is 0 Å². The average molecular weight is 301 g/mol. The predicted octanol–water partition coefficient (Wildman–Crippen LogP) is 6.02. The third-order valence-corrected chi connectivity index (χ3v) is 6.29. The smallest absolute Gasteiger partial charge is 0.134 e. The van der Waals surface area contributed by atoms with E-state index in [1.807, 2.05) is 11.3 Å². The summed E-state index contributed by atoms with van der Waals surface area (Å²) in [6.07, 6.45) is 1.16. The molecule has 0 saturated carbocycles. The summed E-state index contributed by atoms with van der Waals surface area (Å²) in [6, 6.07) is 10.7. The van der Waals surface area contributed by atoms with Crippen molar-refractivity contribution < 1.29 is 0 Å². The summed E-state index contributed by atoms with van der Waals surface area (Å²) in [5, 5.41) is 1.15. The van der Waals surface area contributed by atoms with Gasteiger partial charge < -0.3 is 0 Å². The standard InChI is InChI=1S/C17H19NS2/c1-5-17(3,4)12-10-15(19-11(12)2)16-18-13-8-6-7-9-14(13)20-16/h6-10H,5H2,1-4H3. The Hall–Kier alpha value is -1.19. The maximum atomic E-state index is 4.77. The van der Waals surface area contributed by atoms with Crippen molar-refractivity contribution in [1.82, 2.24) is 4.98 Å². The molecule has 3 aromatic rings. The van der Waals surface area contributed by atoms with Crippen molar-refractivity contribution in [1.29, 1.82) is 0 Å². The second-order valence-electron chi connectivity index (χ2n) is 5.80. The molecular weight excluding hydrogens is 282 g/mol. The first kappa shape index (κ1) is 13.8. The number of benzene rings is 1. The Balaban J connectivity index is 2.09. The Bertz CT molecular complexity index is 716. The summed E-state index contributed by atoms with van der Waals surface area (Å²) in [7, 11) is 0. The summed E-state index contributed by atoms with van der Waals surface area (Å²) >= 11 is 3.66. The molecule has 2 aromatic heterocycles. The van der Waals surface area contributed by atoms with Crippen LogP contribution in [-0.2, 0) is 5.41 Å². The van der Waals surface area contributed by atoms with Crippen molar-refractivity contribution >= 4 is 32.9 Å². The lowest BCUT2D eigenvalue weighted by molar-refractivity contribution is 0.506. The van der Waals surface area contributed by atoms with E-state index >= 15 is 0 Å². The zero-order valence-corrected chi connectivity index (χ0v) is 14.0. The van der Waals surface area contributed by atoms with E-state index in [2.05, 4.69) is 58.0 Å². The topological polar surface area (TPSA) is 12.9 Å². The lowest BCUT2D eigenvalue weighted by Gasteiger charge is -2.22. The number of thiophene rings is 1. The van der Waals surface area contributed by atoms with E-state index in [4.69, 9.17) is 4.98 Å². The van der Waals surface area contributed by atoms with Crippen LogP contribution in [0.4, 0.5) is 0 Å². The third-order valence-electron chi connectivity index (χ3n) is 4.04. The Labute approximate surface area is 128 Å². The van der Waals surface area contributed by atoms with E-state index in [1.54, 1.807) is 11.3 Å². The van der Waals surface area contributed by atoms with E-state index < -0.39 is 0 Å². The maximum Gasteiger partial charge on any atom is 0.134 e. The summed E-state index contributed by atoms with van der Waals surface area (Å²) in [5.41, 5.74) is 2.82. The minimum Gasteiger partial charge on any atom is -0.235 e. The number of aryl methyl sites for hydroxylation is 1.